The molecule has 1 aliphatic heterocycles. The molecule has 6 heteroatoms. The van der Waals surface area contributed by atoms with Crippen molar-refractivity contribution in [2.24, 2.45) is 0 Å². The van der Waals surface area contributed by atoms with Gasteiger partial charge in [-0.2, -0.15) is 0 Å². The van der Waals surface area contributed by atoms with Gasteiger partial charge in [-0.15, -0.1) is 0 Å². The van der Waals surface area contributed by atoms with E-state index in [9.17, 15) is 9.59 Å². The number of methoxy groups -OCH3 is 1. The summed E-state index contributed by atoms with van der Waals surface area (Å²) in [6.45, 7) is 6.41. The van der Waals surface area contributed by atoms with Crippen LogP contribution in [0, 0.1) is 0 Å². The van der Waals surface area contributed by atoms with Crippen molar-refractivity contribution in [3.63, 3.8) is 0 Å². The Labute approximate surface area is 198 Å². The van der Waals surface area contributed by atoms with Crippen LogP contribution >= 0.6 is 11.6 Å². The fourth-order valence-corrected chi connectivity index (χ4v) is 4.02. The lowest BCUT2D eigenvalue weighted by Gasteiger charge is -2.19. The Morgan fingerprint density at radius 2 is 1.48 bits per heavy atom. The molecule has 5 nitrogen and oxygen atoms in total. The van der Waals surface area contributed by atoms with Gasteiger partial charge in [-0.3, -0.25) is 9.59 Å². The third-order valence-corrected chi connectivity index (χ3v) is 5.89. The number of ether oxygens (including phenoxy) is 1. The normalized spacial score (nSPS) is 14.2. The molecule has 3 aromatic carbocycles. The number of imide groups is 1. The van der Waals surface area contributed by atoms with E-state index in [1.807, 2.05) is 30.3 Å². The van der Waals surface area contributed by atoms with Crippen LogP contribution in [0.3, 0.4) is 0 Å². The average Bonchev–Trinajstić information content (AvgIpc) is 3.03. The van der Waals surface area contributed by atoms with Crippen molar-refractivity contribution < 1.29 is 14.3 Å². The molecule has 2 amide bonds. The average molecular weight is 461 g/mol. The number of halogens is 1. The molecule has 0 aliphatic carbocycles. The first kappa shape index (κ1) is 22.6. The maximum atomic E-state index is 13.6. The third-order valence-electron chi connectivity index (χ3n) is 5.57. The van der Waals surface area contributed by atoms with E-state index in [1.165, 1.54) is 12.7 Å². The highest BCUT2D eigenvalue weighted by atomic mass is 35.5. The minimum Gasteiger partial charge on any atom is -0.496 e. The molecule has 4 rings (SSSR count). The second kappa shape index (κ2) is 8.75. The number of carbonyl (C=O) groups excluding carboxylic acids is 2. The molecule has 33 heavy (non-hydrogen) atoms. The predicted octanol–water partition coefficient (Wildman–Crippen LogP) is 6.04. The molecule has 1 heterocycles. The van der Waals surface area contributed by atoms with E-state index in [4.69, 9.17) is 16.3 Å². The van der Waals surface area contributed by atoms with Crippen LogP contribution in [0.2, 0.25) is 5.02 Å². The number of nitrogens with one attached hydrogen (secondary N) is 1. The van der Waals surface area contributed by atoms with Crippen molar-refractivity contribution in [3.05, 3.63) is 94.6 Å². The summed E-state index contributed by atoms with van der Waals surface area (Å²) in [6.07, 6.45) is 0. The Bertz CT molecular complexity index is 1260. The first-order valence-corrected chi connectivity index (χ1v) is 11.0. The van der Waals surface area contributed by atoms with Gasteiger partial charge in [-0.1, -0.05) is 74.8 Å². The number of benzene rings is 3. The van der Waals surface area contributed by atoms with Gasteiger partial charge in [0.05, 0.1) is 23.4 Å². The van der Waals surface area contributed by atoms with E-state index in [0.717, 1.165) is 4.90 Å². The zero-order chi connectivity index (χ0) is 23.8. The van der Waals surface area contributed by atoms with Gasteiger partial charge in [0, 0.05) is 11.3 Å². The molecule has 0 unspecified atom stereocenters. The van der Waals surface area contributed by atoms with Crippen LogP contribution in [-0.4, -0.2) is 18.9 Å². The van der Waals surface area contributed by atoms with Crippen LogP contribution in [0.1, 0.15) is 31.9 Å². The highest BCUT2D eigenvalue weighted by Crippen LogP contribution is 2.39. The maximum absolute atomic E-state index is 13.6. The largest absolute Gasteiger partial charge is 0.496 e. The topological polar surface area (TPSA) is 58.6 Å². The van der Waals surface area contributed by atoms with Crippen molar-refractivity contribution in [3.8, 4) is 5.75 Å². The Kier molecular flexibility index (Phi) is 6.00. The number of hydrogen-bond acceptors (Lipinski definition) is 4. The Hall–Kier alpha value is -3.57. The summed E-state index contributed by atoms with van der Waals surface area (Å²) >= 11 is 6.35. The van der Waals surface area contributed by atoms with E-state index >= 15 is 0 Å². The SMILES string of the molecule is COc1ccccc1C1=C(Nc2ccc(C(C)(C)C)cc2)C(=O)N(c2ccccc2Cl)C1=O. The highest BCUT2D eigenvalue weighted by Gasteiger charge is 2.42. The maximum Gasteiger partial charge on any atom is 0.282 e. The Balaban J connectivity index is 1.83. The molecule has 0 spiro atoms. The van der Waals surface area contributed by atoms with Gasteiger partial charge in [-0.05, 0) is 41.3 Å². The van der Waals surface area contributed by atoms with Gasteiger partial charge in [0.2, 0.25) is 0 Å². The molecule has 0 saturated carbocycles. The fraction of sp³-hybridized carbons (Fsp3) is 0.185. The van der Waals surface area contributed by atoms with Crippen molar-refractivity contribution in [2.45, 2.75) is 26.2 Å². The number of para-hydroxylation sites is 2. The second-order valence-electron chi connectivity index (χ2n) is 8.80. The van der Waals surface area contributed by atoms with E-state index in [-0.39, 0.29) is 16.7 Å². The van der Waals surface area contributed by atoms with E-state index in [1.54, 1.807) is 42.5 Å². The first-order chi connectivity index (χ1) is 15.7. The fourth-order valence-electron chi connectivity index (χ4n) is 3.80. The lowest BCUT2D eigenvalue weighted by atomic mass is 9.87. The molecule has 0 aromatic heterocycles. The monoisotopic (exact) mass is 460 g/mol. The molecule has 168 valence electrons. The molecule has 0 radical (unpaired) electrons. The number of amides is 2. The smallest absolute Gasteiger partial charge is 0.282 e. The van der Waals surface area contributed by atoms with Crippen molar-refractivity contribution in [1.82, 2.24) is 0 Å². The van der Waals surface area contributed by atoms with Crippen LogP contribution in [0.25, 0.3) is 5.57 Å². The number of hydrogen-bond donors (Lipinski definition) is 1. The lowest BCUT2D eigenvalue weighted by Crippen LogP contribution is -2.32. The van der Waals surface area contributed by atoms with Crippen LogP contribution < -0.4 is 15.0 Å². The minimum atomic E-state index is -0.478. The van der Waals surface area contributed by atoms with Gasteiger partial charge < -0.3 is 10.1 Å². The number of carbonyl (C=O) groups is 2. The number of rotatable bonds is 5. The summed E-state index contributed by atoms with van der Waals surface area (Å²) in [5, 5.41) is 3.50. The highest BCUT2D eigenvalue weighted by molar-refractivity contribution is 6.48. The second-order valence-corrected chi connectivity index (χ2v) is 9.21. The molecule has 0 fully saturated rings. The van der Waals surface area contributed by atoms with Crippen LogP contribution in [0.5, 0.6) is 5.75 Å². The van der Waals surface area contributed by atoms with Gasteiger partial charge in [-0.25, -0.2) is 4.90 Å². The molecule has 0 bridgehead atoms. The Morgan fingerprint density at radius 1 is 0.848 bits per heavy atom. The van der Waals surface area contributed by atoms with Crippen LogP contribution in [-0.2, 0) is 15.0 Å². The van der Waals surface area contributed by atoms with Crippen molar-refractivity contribution in [2.75, 3.05) is 17.3 Å². The van der Waals surface area contributed by atoms with Crippen molar-refractivity contribution in [1.29, 1.82) is 0 Å². The standard InChI is InChI=1S/C27H25ClN2O3/c1-27(2,3)17-13-15-18(16-14-17)29-24-23(19-9-5-8-12-22(19)33-4)25(31)30(26(24)32)21-11-7-6-10-20(21)28/h5-16,29H,1-4H3. The first-order valence-electron chi connectivity index (χ1n) is 10.6. The van der Waals surface area contributed by atoms with Crippen LogP contribution in [0.4, 0.5) is 11.4 Å². The quantitative estimate of drug-likeness (QED) is 0.471. The summed E-state index contributed by atoms with van der Waals surface area (Å²) < 4.78 is 5.49. The lowest BCUT2D eigenvalue weighted by molar-refractivity contribution is -0.120. The summed E-state index contributed by atoms with van der Waals surface area (Å²) in [6, 6.07) is 21.8. The molecular formula is C27H25ClN2O3. The van der Waals surface area contributed by atoms with Crippen molar-refractivity contribution >= 4 is 40.4 Å². The van der Waals surface area contributed by atoms with Gasteiger partial charge in [0.25, 0.3) is 11.8 Å². The van der Waals surface area contributed by atoms with Crippen LogP contribution in [0.15, 0.2) is 78.5 Å². The molecule has 0 saturated heterocycles. The third kappa shape index (κ3) is 4.24. The number of nitrogens with zero attached hydrogens (tertiary/aromatic N) is 1. The zero-order valence-corrected chi connectivity index (χ0v) is 19.7. The predicted molar refractivity (Wildman–Crippen MR) is 133 cm³/mol. The molecular weight excluding hydrogens is 436 g/mol. The van der Waals surface area contributed by atoms with Gasteiger partial charge in [0.1, 0.15) is 11.4 Å². The summed E-state index contributed by atoms with van der Waals surface area (Å²) in [7, 11) is 1.53. The van der Waals surface area contributed by atoms with Gasteiger partial charge in [0.15, 0.2) is 0 Å². The Morgan fingerprint density at radius 3 is 2.12 bits per heavy atom. The van der Waals surface area contributed by atoms with E-state index < -0.39 is 11.8 Å². The zero-order valence-electron chi connectivity index (χ0n) is 19.0. The molecule has 3 aromatic rings. The van der Waals surface area contributed by atoms with E-state index in [2.05, 4.69) is 26.1 Å². The number of anilines is 2. The summed E-state index contributed by atoms with van der Waals surface area (Å²) in [5.41, 5.74) is 3.14. The summed E-state index contributed by atoms with van der Waals surface area (Å²) in [4.78, 5) is 28.3. The minimum absolute atomic E-state index is 0.000362. The molecule has 1 aliphatic rings. The molecule has 1 N–H and O–H groups in total. The van der Waals surface area contributed by atoms with Gasteiger partial charge >= 0.3 is 0 Å². The molecule has 0 atom stereocenters. The summed E-state index contributed by atoms with van der Waals surface area (Å²) in [5.74, 6) is -0.447. The van der Waals surface area contributed by atoms with E-state index in [0.29, 0.717) is 27.7 Å².